The van der Waals surface area contributed by atoms with Crippen LogP contribution in [0.25, 0.3) is 0 Å². The highest BCUT2D eigenvalue weighted by Crippen LogP contribution is 2.36. The quantitative estimate of drug-likeness (QED) is 0.881. The SMILES string of the molecule is Nc1sc(C2CCCN2C(=O)OCc2ccccc2)nc1C(=O)O. The maximum absolute atomic E-state index is 12.4. The summed E-state index contributed by atoms with van der Waals surface area (Å²) in [5, 5.41) is 9.76. The van der Waals surface area contributed by atoms with E-state index < -0.39 is 12.1 Å². The van der Waals surface area contributed by atoms with Crippen LogP contribution in [-0.2, 0) is 11.3 Å². The molecule has 2 heterocycles. The van der Waals surface area contributed by atoms with Gasteiger partial charge in [-0.2, -0.15) is 0 Å². The third-order valence-corrected chi connectivity index (χ3v) is 4.84. The van der Waals surface area contributed by atoms with Gasteiger partial charge in [0.25, 0.3) is 0 Å². The van der Waals surface area contributed by atoms with Crippen LogP contribution in [-0.4, -0.2) is 33.6 Å². The Hall–Kier alpha value is -2.61. The van der Waals surface area contributed by atoms with Crippen molar-refractivity contribution in [2.45, 2.75) is 25.5 Å². The second kappa shape index (κ2) is 6.88. The van der Waals surface area contributed by atoms with E-state index in [1.54, 1.807) is 4.90 Å². The summed E-state index contributed by atoms with van der Waals surface area (Å²) in [6.07, 6.45) is 1.10. The molecule has 0 bridgehead atoms. The molecule has 1 saturated heterocycles. The lowest BCUT2D eigenvalue weighted by molar-refractivity contribution is 0.0692. The van der Waals surface area contributed by atoms with Gasteiger partial charge < -0.3 is 15.6 Å². The van der Waals surface area contributed by atoms with E-state index in [2.05, 4.69) is 4.98 Å². The van der Waals surface area contributed by atoms with Gasteiger partial charge in [-0.05, 0) is 18.4 Å². The van der Waals surface area contributed by atoms with Crippen LogP contribution in [0.4, 0.5) is 9.80 Å². The lowest BCUT2D eigenvalue weighted by Crippen LogP contribution is -2.31. The third-order valence-electron chi connectivity index (χ3n) is 3.85. The predicted octanol–water partition coefficient (Wildman–Crippen LogP) is 2.90. The molecule has 1 fully saturated rings. The van der Waals surface area contributed by atoms with Gasteiger partial charge in [0.1, 0.15) is 16.6 Å². The standard InChI is InChI=1S/C16H17N3O4S/c17-13-12(15(20)21)18-14(24-13)11-7-4-8-19(11)16(22)23-9-10-5-2-1-3-6-10/h1-3,5-6,11H,4,7-9,17H2,(H,20,21). The maximum Gasteiger partial charge on any atom is 0.410 e. The van der Waals surface area contributed by atoms with Crippen LogP contribution in [0.5, 0.6) is 0 Å². The van der Waals surface area contributed by atoms with Crippen LogP contribution in [0.3, 0.4) is 0 Å². The van der Waals surface area contributed by atoms with E-state index in [4.69, 9.17) is 15.6 Å². The number of likely N-dealkylation sites (tertiary alicyclic amines) is 1. The zero-order chi connectivity index (χ0) is 17.1. The Balaban J connectivity index is 1.69. The third kappa shape index (κ3) is 3.33. The highest BCUT2D eigenvalue weighted by Gasteiger charge is 2.34. The number of nitrogen functional groups attached to an aromatic ring is 1. The zero-order valence-corrected chi connectivity index (χ0v) is 13.7. The van der Waals surface area contributed by atoms with Gasteiger partial charge in [0.05, 0.1) is 6.04 Å². The van der Waals surface area contributed by atoms with Crippen LogP contribution in [0.2, 0.25) is 0 Å². The first-order valence-electron chi connectivity index (χ1n) is 7.53. The van der Waals surface area contributed by atoms with Crippen molar-refractivity contribution in [1.82, 2.24) is 9.88 Å². The first-order chi connectivity index (χ1) is 11.6. The van der Waals surface area contributed by atoms with Gasteiger partial charge in [-0.1, -0.05) is 41.7 Å². The molecule has 1 aromatic heterocycles. The lowest BCUT2D eigenvalue weighted by Gasteiger charge is -2.22. The molecule has 1 aliphatic rings. The van der Waals surface area contributed by atoms with Crippen LogP contribution >= 0.6 is 11.3 Å². The van der Waals surface area contributed by atoms with E-state index in [-0.39, 0.29) is 23.3 Å². The molecule has 3 N–H and O–H groups in total. The van der Waals surface area contributed by atoms with Crippen LogP contribution < -0.4 is 5.73 Å². The normalized spacial score (nSPS) is 17.0. The van der Waals surface area contributed by atoms with Gasteiger partial charge in [0.2, 0.25) is 0 Å². The fraction of sp³-hybridized carbons (Fsp3) is 0.312. The second-order valence-electron chi connectivity index (χ2n) is 5.46. The van der Waals surface area contributed by atoms with Crippen molar-refractivity contribution in [3.8, 4) is 0 Å². The predicted molar refractivity (Wildman–Crippen MR) is 88.8 cm³/mol. The summed E-state index contributed by atoms with van der Waals surface area (Å²) >= 11 is 1.11. The summed E-state index contributed by atoms with van der Waals surface area (Å²) in [5.41, 5.74) is 6.46. The average Bonchev–Trinajstić information content (AvgIpc) is 3.20. The number of amides is 1. The highest BCUT2D eigenvalue weighted by atomic mass is 32.1. The molecule has 1 aliphatic heterocycles. The number of rotatable bonds is 4. The molecule has 0 aliphatic carbocycles. The molecule has 2 aromatic rings. The van der Waals surface area contributed by atoms with Gasteiger partial charge in [-0.15, -0.1) is 0 Å². The molecule has 7 nitrogen and oxygen atoms in total. The molecule has 1 aromatic carbocycles. The van der Waals surface area contributed by atoms with Gasteiger partial charge >= 0.3 is 12.1 Å². The summed E-state index contributed by atoms with van der Waals surface area (Å²) in [4.78, 5) is 29.1. The summed E-state index contributed by atoms with van der Waals surface area (Å²) in [6, 6.07) is 9.15. The van der Waals surface area contributed by atoms with Crippen LogP contribution in [0.1, 0.15) is 39.9 Å². The monoisotopic (exact) mass is 347 g/mol. The molecule has 1 unspecified atom stereocenters. The number of carbonyl (C=O) groups excluding carboxylic acids is 1. The van der Waals surface area contributed by atoms with Crippen molar-refractivity contribution in [2.24, 2.45) is 0 Å². The molecular formula is C16H17N3O4S. The number of nitrogens with zero attached hydrogens (tertiary/aromatic N) is 2. The Kier molecular flexibility index (Phi) is 4.66. The molecule has 24 heavy (non-hydrogen) atoms. The number of hydrogen-bond donors (Lipinski definition) is 2. The van der Waals surface area contributed by atoms with Crippen molar-refractivity contribution < 1.29 is 19.4 Å². The van der Waals surface area contributed by atoms with E-state index in [0.29, 0.717) is 18.0 Å². The molecule has 0 spiro atoms. The van der Waals surface area contributed by atoms with Gasteiger partial charge in [-0.3, -0.25) is 4.90 Å². The summed E-state index contributed by atoms with van der Waals surface area (Å²) in [7, 11) is 0. The Morgan fingerprint density at radius 2 is 2.12 bits per heavy atom. The number of nitrogens with two attached hydrogens (primary N) is 1. The lowest BCUT2D eigenvalue weighted by atomic mass is 10.2. The molecule has 1 atom stereocenters. The molecule has 3 rings (SSSR count). The van der Waals surface area contributed by atoms with Crippen LogP contribution in [0.15, 0.2) is 30.3 Å². The van der Waals surface area contributed by atoms with Gasteiger partial charge in [0.15, 0.2) is 5.69 Å². The number of carbonyl (C=O) groups is 2. The van der Waals surface area contributed by atoms with Gasteiger partial charge in [-0.25, -0.2) is 14.6 Å². The number of thiazole rings is 1. The maximum atomic E-state index is 12.4. The number of benzene rings is 1. The van der Waals surface area contributed by atoms with Gasteiger partial charge in [0, 0.05) is 6.54 Å². The van der Waals surface area contributed by atoms with Crippen molar-refractivity contribution in [2.75, 3.05) is 12.3 Å². The molecular weight excluding hydrogens is 330 g/mol. The molecule has 0 radical (unpaired) electrons. The molecule has 1 amide bonds. The summed E-state index contributed by atoms with van der Waals surface area (Å²) in [5.74, 6) is -1.16. The van der Waals surface area contributed by atoms with E-state index in [9.17, 15) is 9.59 Å². The number of carboxylic acids is 1. The van der Waals surface area contributed by atoms with E-state index in [0.717, 1.165) is 23.3 Å². The molecule has 126 valence electrons. The van der Waals surface area contributed by atoms with Crippen molar-refractivity contribution in [1.29, 1.82) is 0 Å². The molecule has 8 heteroatoms. The number of aromatic carboxylic acids is 1. The second-order valence-corrected chi connectivity index (χ2v) is 6.52. The smallest absolute Gasteiger partial charge is 0.410 e. The zero-order valence-electron chi connectivity index (χ0n) is 12.8. The highest BCUT2D eigenvalue weighted by molar-refractivity contribution is 7.16. The average molecular weight is 347 g/mol. The van der Waals surface area contributed by atoms with Crippen LogP contribution in [0, 0.1) is 0 Å². The minimum atomic E-state index is -1.16. The number of hydrogen-bond acceptors (Lipinski definition) is 6. The van der Waals surface area contributed by atoms with E-state index in [1.807, 2.05) is 30.3 Å². The summed E-state index contributed by atoms with van der Waals surface area (Å²) in [6.45, 7) is 0.753. The topological polar surface area (TPSA) is 106 Å². The van der Waals surface area contributed by atoms with E-state index >= 15 is 0 Å². The fourth-order valence-corrected chi connectivity index (χ4v) is 3.66. The minimum absolute atomic E-state index is 0.153. The Bertz CT molecular complexity index is 747. The molecule has 0 saturated carbocycles. The van der Waals surface area contributed by atoms with Crippen molar-refractivity contribution >= 4 is 28.4 Å². The Morgan fingerprint density at radius 1 is 1.38 bits per heavy atom. The Morgan fingerprint density at radius 3 is 2.79 bits per heavy atom. The first-order valence-corrected chi connectivity index (χ1v) is 8.34. The minimum Gasteiger partial charge on any atom is -0.476 e. The fourth-order valence-electron chi connectivity index (χ4n) is 2.69. The van der Waals surface area contributed by atoms with Crippen molar-refractivity contribution in [3.63, 3.8) is 0 Å². The van der Waals surface area contributed by atoms with E-state index in [1.165, 1.54) is 0 Å². The number of carboxylic acid groups (broad SMARTS) is 1. The Labute approximate surface area is 142 Å². The first kappa shape index (κ1) is 16.3. The van der Waals surface area contributed by atoms with Crippen molar-refractivity contribution in [3.05, 3.63) is 46.6 Å². The largest absolute Gasteiger partial charge is 0.476 e. The number of anilines is 1. The summed E-state index contributed by atoms with van der Waals surface area (Å²) < 4.78 is 5.36. The number of ether oxygens (including phenoxy) is 1. The number of aromatic nitrogens is 1.